The van der Waals surface area contributed by atoms with E-state index >= 15 is 0 Å². The average molecular weight is 305 g/mol. The van der Waals surface area contributed by atoms with Gasteiger partial charge in [0.05, 0.1) is 18.6 Å². The molecule has 0 saturated carbocycles. The summed E-state index contributed by atoms with van der Waals surface area (Å²) >= 11 is 0. The van der Waals surface area contributed by atoms with Crippen LogP contribution in [0.25, 0.3) is 0 Å². The minimum atomic E-state index is -1.20. The summed E-state index contributed by atoms with van der Waals surface area (Å²) in [4.78, 5) is 7.68. The third-order valence-electron chi connectivity index (χ3n) is 3.29. The van der Waals surface area contributed by atoms with Crippen LogP contribution in [0.1, 0.15) is 5.56 Å². The number of nitrogens with zero attached hydrogens (tertiary/aromatic N) is 6. The van der Waals surface area contributed by atoms with Crippen LogP contribution in [0.4, 0.5) is 8.78 Å². The highest BCUT2D eigenvalue weighted by atomic mass is 19.1. The summed E-state index contributed by atoms with van der Waals surface area (Å²) in [5.74, 6) is -1.38. The first-order chi connectivity index (χ1) is 10.6. The fourth-order valence-electron chi connectivity index (χ4n) is 2.32. The molecule has 0 aliphatic carbocycles. The van der Waals surface area contributed by atoms with Gasteiger partial charge >= 0.3 is 0 Å². The molecule has 0 unspecified atom stereocenters. The molecule has 2 N–H and O–H groups in total. The predicted octanol–water partition coefficient (Wildman–Crippen LogP) is 0.702. The van der Waals surface area contributed by atoms with Gasteiger partial charge in [-0.1, -0.05) is 6.07 Å². The molecule has 2 aromatic heterocycles. The zero-order chi connectivity index (χ0) is 15.6. The average Bonchev–Trinajstić information content (AvgIpc) is 3.12. The lowest BCUT2D eigenvalue weighted by Crippen LogP contribution is -2.46. The molecule has 0 aliphatic rings. The van der Waals surface area contributed by atoms with E-state index in [4.69, 9.17) is 5.73 Å². The first-order valence-corrected chi connectivity index (χ1v) is 6.46. The van der Waals surface area contributed by atoms with Crippen LogP contribution in [0, 0.1) is 11.6 Å². The van der Waals surface area contributed by atoms with E-state index in [0.29, 0.717) is 0 Å². The molecule has 0 atom stereocenters. The van der Waals surface area contributed by atoms with Gasteiger partial charge in [0.1, 0.15) is 36.9 Å². The van der Waals surface area contributed by atoms with Crippen LogP contribution >= 0.6 is 0 Å². The Balaban J connectivity index is 2.01. The molecule has 0 saturated heterocycles. The van der Waals surface area contributed by atoms with Crippen molar-refractivity contribution >= 4 is 0 Å². The lowest BCUT2D eigenvalue weighted by Gasteiger charge is -2.30. The van der Waals surface area contributed by atoms with Crippen molar-refractivity contribution in [3.05, 3.63) is 60.7 Å². The maximum absolute atomic E-state index is 14.2. The summed E-state index contributed by atoms with van der Waals surface area (Å²) < 4.78 is 30.3. The molecule has 3 rings (SSSR count). The van der Waals surface area contributed by atoms with E-state index in [-0.39, 0.29) is 18.7 Å². The summed E-state index contributed by atoms with van der Waals surface area (Å²) in [7, 11) is 0. The van der Waals surface area contributed by atoms with Crippen molar-refractivity contribution in [1.82, 2.24) is 29.5 Å². The first-order valence-electron chi connectivity index (χ1n) is 6.46. The Kier molecular flexibility index (Phi) is 3.63. The van der Waals surface area contributed by atoms with Gasteiger partial charge in [-0.3, -0.25) is 9.36 Å². The predicted molar refractivity (Wildman–Crippen MR) is 72.3 cm³/mol. The molecule has 114 valence electrons. The molecule has 0 amide bonds. The van der Waals surface area contributed by atoms with Crippen molar-refractivity contribution in [1.29, 1.82) is 0 Å². The smallest absolute Gasteiger partial charge is 0.137 e. The minimum absolute atomic E-state index is 0.148. The van der Waals surface area contributed by atoms with Gasteiger partial charge < -0.3 is 5.73 Å². The van der Waals surface area contributed by atoms with Crippen LogP contribution in [0.3, 0.4) is 0 Å². The summed E-state index contributed by atoms with van der Waals surface area (Å²) in [5, 5.41) is 7.97. The van der Waals surface area contributed by atoms with Crippen LogP contribution in [0.5, 0.6) is 0 Å². The molecule has 9 heteroatoms. The van der Waals surface area contributed by atoms with Gasteiger partial charge in [-0.2, -0.15) is 10.2 Å². The van der Waals surface area contributed by atoms with Crippen LogP contribution in [0.15, 0.2) is 43.5 Å². The van der Waals surface area contributed by atoms with E-state index in [2.05, 4.69) is 20.2 Å². The first kappa shape index (κ1) is 14.3. The standard InChI is InChI=1S/C13H13F2N7/c14-10-1-2-11(12(15)3-10)13(16,4-21-8-17-6-19-21)5-22-9-18-7-20-22/h1-3,6-9H,4-5,16H2. The molecule has 3 aromatic rings. The molecule has 22 heavy (non-hydrogen) atoms. The topological polar surface area (TPSA) is 87.4 Å². The normalized spacial score (nSPS) is 11.8. The van der Waals surface area contributed by atoms with Crippen LogP contribution in [0.2, 0.25) is 0 Å². The number of aromatic nitrogens is 6. The highest BCUT2D eigenvalue weighted by molar-refractivity contribution is 5.26. The number of halogens is 2. The Morgan fingerprint density at radius 2 is 1.59 bits per heavy atom. The van der Waals surface area contributed by atoms with Crippen molar-refractivity contribution in [3.63, 3.8) is 0 Å². The van der Waals surface area contributed by atoms with Gasteiger partial charge in [-0.05, 0) is 6.07 Å². The van der Waals surface area contributed by atoms with Crippen LogP contribution in [-0.4, -0.2) is 29.5 Å². The second-order valence-electron chi connectivity index (χ2n) is 4.97. The van der Waals surface area contributed by atoms with Crippen molar-refractivity contribution in [2.75, 3.05) is 0 Å². The second kappa shape index (κ2) is 5.60. The van der Waals surface area contributed by atoms with E-state index < -0.39 is 17.2 Å². The van der Waals surface area contributed by atoms with Gasteiger partial charge in [0.25, 0.3) is 0 Å². The van der Waals surface area contributed by atoms with Gasteiger partial charge in [-0.15, -0.1) is 0 Å². The minimum Gasteiger partial charge on any atom is -0.318 e. The highest BCUT2D eigenvalue weighted by Gasteiger charge is 2.32. The molecule has 7 nitrogen and oxygen atoms in total. The fourth-order valence-corrected chi connectivity index (χ4v) is 2.32. The molecule has 0 bridgehead atoms. The molecular weight excluding hydrogens is 292 g/mol. The summed E-state index contributed by atoms with van der Waals surface area (Å²) in [6, 6.07) is 3.31. The van der Waals surface area contributed by atoms with Crippen LogP contribution in [-0.2, 0) is 18.6 Å². The lowest BCUT2D eigenvalue weighted by atomic mass is 9.90. The quantitative estimate of drug-likeness (QED) is 0.750. The van der Waals surface area contributed by atoms with E-state index in [9.17, 15) is 8.78 Å². The summed E-state index contributed by atoms with van der Waals surface area (Å²) in [6.45, 7) is 0.296. The number of benzene rings is 1. The zero-order valence-electron chi connectivity index (χ0n) is 11.5. The van der Waals surface area contributed by atoms with Crippen molar-refractivity contribution < 1.29 is 8.78 Å². The number of nitrogens with two attached hydrogens (primary N) is 1. The number of rotatable bonds is 5. The molecular formula is C13H13F2N7. The van der Waals surface area contributed by atoms with E-state index in [0.717, 1.165) is 6.07 Å². The summed E-state index contributed by atoms with van der Waals surface area (Å²) in [5.41, 5.74) is 5.38. The molecule has 0 fully saturated rings. The zero-order valence-corrected chi connectivity index (χ0v) is 11.5. The molecule has 0 spiro atoms. The van der Waals surface area contributed by atoms with Crippen LogP contribution < -0.4 is 5.73 Å². The molecule has 2 heterocycles. The second-order valence-corrected chi connectivity index (χ2v) is 4.97. The third kappa shape index (κ3) is 2.84. The van der Waals surface area contributed by atoms with E-state index in [1.807, 2.05) is 0 Å². The van der Waals surface area contributed by atoms with E-state index in [1.54, 1.807) is 0 Å². The molecule has 1 aromatic carbocycles. The maximum Gasteiger partial charge on any atom is 0.137 e. The van der Waals surface area contributed by atoms with Gasteiger partial charge in [-0.25, -0.2) is 18.7 Å². The Morgan fingerprint density at radius 3 is 2.05 bits per heavy atom. The Hall–Kier alpha value is -2.68. The third-order valence-corrected chi connectivity index (χ3v) is 3.29. The Labute approximate surface area is 124 Å². The van der Waals surface area contributed by atoms with Gasteiger partial charge in [0.2, 0.25) is 0 Å². The van der Waals surface area contributed by atoms with Crippen molar-refractivity contribution in [2.45, 2.75) is 18.6 Å². The number of hydrogen-bond donors (Lipinski definition) is 1. The van der Waals surface area contributed by atoms with Gasteiger partial charge in [0.15, 0.2) is 0 Å². The van der Waals surface area contributed by atoms with Crippen molar-refractivity contribution in [2.24, 2.45) is 5.73 Å². The van der Waals surface area contributed by atoms with Crippen molar-refractivity contribution in [3.8, 4) is 0 Å². The molecule has 0 radical (unpaired) electrons. The fraction of sp³-hybridized carbons (Fsp3) is 0.231. The van der Waals surface area contributed by atoms with Gasteiger partial charge in [0, 0.05) is 11.6 Å². The molecule has 0 aliphatic heterocycles. The summed E-state index contributed by atoms with van der Waals surface area (Å²) in [6.07, 6.45) is 5.67. The highest BCUT2D eigenvalue weighted by Crippen LogP contribution is 2.25. The lowest BCUT2D eigenvalue weighted by molar-refractivity contribution is 0.285. The Morgan fingerprint density at radius 1 is 1.00 bits per heavy atom. The number of hydrogen-bond acceptors (Lipinski definition) is 5. The van der Waals surface area contributed by atoms with E-state index in [1.165, 1.54) is 46.8 Å². The maximum atomic E-state index is 14.2. The monoisotopic (exact) mass is 305 g/mol. The SMILES string of the molecule is NC(Cn1cncn1)(Cn1cncn1)c1ccc(F)cc1F. The Bertz CT molecular complexity index is 704. The largest absolute Gasteiger partial charge is 0.318 e.